The Morgan fingerprint density at radius 3 is 2.68 bits per heavy atom. The van der Waals surface area contributed by atoms with E-state index in [-0.39, 0.29) is 12.5 Å². The average molecular weight is 359 g/mol. The number of carboxylic acid groups (broad SMARTS) is 1. The Morgan fingerprint density at radius 2 is 1.92 bits per heavy atom. The number of fused-ring (bicyclic) bond motifs is 1. The van der Waals surface area contributed by atoms with Gasteiger partial charge in [-0.05, 0) is 55.4 Å². The molecule has 6 heteroatoms. The molecular formula is C19H21NO4S. The van der Waals surface area contributed by atoms with Gasteiger partial charge in [-0.15, -0.1) is 11.3 Å². The summed E-state index contributed by atoms with van der Waals surface area (Å²) in [5.41, 5.74) is 3.15. The monoisotopic (exact) mass is 359 g/mol. The van der Waals surface area contributed by atoms with Crippen LogP contribution in [0.25, 0.3) is 0 Å². The normalized spacial score (nSPS) is 13.1. The molecule has 25 heavy (non-hydrogen) atoms. The fraction of sp³-hybridized carbons (Fsp3) is 0.368. The minimum Gasteiger partial charge on any atom is -0.482 e. The van der Waals surface area contributed by atoms with Crippen molar-refractivity contribution in [3.05, 3.63) is 51.2 Å². The van der Waals surface area contributed by atoms with Gasteiger partial charge in [-0.3, -0.25) is 4.79 Å². The van der Waals surface area contributed by atoms with E-state index in [1.807, 2.05) is 17.5 Å². The van der Waals surface area contributed by atoms with E-state index in [0.717, 1.165) is 30.4 Å². The smallest absolute Gasteiger partial charge is 0.341 e. The Hall–Kier alpha value is -2.34. The molecule has 0 atom stereocenters. The first-order valence-corrected chi connectivity index (χ1v) is 9.32. The lowest BCUT2D eigenvalue weighted by Gasteiger charge is -2.12. The molecule has 1 heterocycles. The van der Waals surface area contributed by atoms with Gasteiger partial charge in [0.15, 0.2) is 6.61 Å². The molecule has 3 rings (SSSR count). The Bertz CT molecular complexity index is 751. The maximum Gasteiger partial charge on any atom is 0.341 e. The summed E-state index contributed by atoms with van der Waals surface area (Å²) in [4.78, 5) is 24.2. The zero-order chi connectivity index (χ0) is 17.6. The van der Waals surface area contributed by atoms with Gasteiger partial charge in [0.1, 0.15) is 5.75 Å². The van der Waals surface area contributed by atoms with Crippen LogP contribution in [0.1, 0.15) is 39.2 Å². The summed E-state index contributed by atoms with van der Waals surface area (Å²) in [5.74, 6) is -0.455. The molecule has 2 aromatic rings. The van der Waals surface area contributed by atoms with Gasteiger partial charge in [0.2, 0.25) is 0 Å². The molecule has 5 nitrogen and oxygen atoms in total. The number of aryl methyl sites for hydroxylation is 1. The third-order valence-electron chi connectivity index (χ3n) is 4.29. The molecule has 0 fully saturated rings. The molecular weight excluding hydrogens is 338 g/mol. The van der Waals surface area contributed by atoms with Crippen molar-refractivity contribution in [1.82, 2.24) is 5.32 Å². The Balaban J connectivity index is 1.48. The maximum atomic E-state index is 12.4. The number of thiophene rings is 1. The van der Waals surface area contributed by atoms with Crippen LogP contribution in [0.15, 0.2) is 29.6 Å². The van der Waals surface area contributed by atoms with Gasteiger partial charge in [-0.1, -0.05) is 12.1 Å². The Morgan fingerprint density at radius 1 is 1.16 bits per heavy atom. The van der Waals surface area contributed by atoms with Crippen molar-refractivity contribution < 1.29 is 19.4 Å². The molecule has 132 valence electrons. The predicted octanol–water partition coefficient (Wildman–Crippen LogP) is 3.06. The van der Waals surface area contributed by atoms with Crippen molar-refractivity contribution in [2.75, 3.05) is 13.2 Å². The number of aliphatic carboxylic acids is 1. The summed E-state index contributed by atoms with van der Waals surface area (Å²) in [6.07, 6.45) is 5.22. The van der Waals surface area contributed by atoms with E-state index in [1.54, 1.807) is 23.5 Å². The number of carbonyl (C=O) groups is 2. The van der Waals surface area contributed by atoms with Crippen LogP contribution in [-0.4, -0.2) is 30.1 Å². The van der Waals surface area contributed by atoms with Crippen LogP contribution < -0.4 is 10.1 Å². The second kappa shape index (κ2) is 8.16. The number of amides is 1. The van der Waals surface area contributed by atoms with Crippen molar-refractivity contribution >= 4 is 23.2 Å². The van der Waals surface area contributed by atoms with E-state index >= 15 is 0 Å². The van der Waals surface area contributed by atoms with Crippen molar-refractivity contribution in [3.63, 3.8) is 0 Å². The van der Waals surface area contributed by atoms with Crippen LogP contribution in [0.3, 0.4) is 0 Å². The molecule has 2 N–H and O–H groups in total. The molecule has 0 radical (unpaired) electrons. The highest BCUT2D eigenvalue weighted by Crippen LogP contribution is 2.30. The molecule has 0 saturated carbocycles. The summed E-state index contributed by atoms with van der Waals surface area (Å²) in [6, 6.07) is 7.26. The fourth-order valence-corrected chi connectivity index (χ4v) is 4.12. The Labute approximate surface area is 150 Å². The summed E-state index contributed by atoms with van der Waals surface area (Å²) < 4.78 is 5.10. The lowest BCUT2D eigenvalue weighted by atomic mass is 9.95. The molecule has 0 spiro atoms. The van der Waals surface area contributed by atoms with Gasteiger partial charge in [0.25, 0.3) is 5.91 Å². The predicted molar refractivity (Wildman–Crippen MR) is 96.6 cm³/mol. The highest BCUT2D eigenvalue weighted by atomic mass is 32.1. The SMILES string of the molecule is O=C(O)COc1ccc(CCNC(=O)c2csc3c2CCCC3)cc1. The third kappa shape index (κ3) is 4.60. The first-order chi connectivity index (χ1) is 12.1. The molecule has 1 aliphatic carbocycles. The number of hydrogen-bond donors (Lipinski definition) is 2. The quantitative estimate of drug-likeness (QED) is 0.797. The van der Waals surface area contributed by atoms with E-state index in [9.17, 15) is 9.59 Å². The standard InChI is InChI=1S/C19H21NO4S/c21-18(22)11-24-14-7-5-13(6-8-14)9-10-20-19(23)16-12-25-17-4-2-1-3-15(16)17/h5-8,12H,1-4,9-11H2,(H,20,23)(H,21,22). The average Bonchev–Trinajstić information content (AvgIpc) is 3.05. The lowest BCUT2D eigenvalue weighted by Crippen LogP contribution is -2.26. The van der Waals surface area contributed by atoms with E-state index in [2.05, 4.69) is 5.32 Å². The summed E-state index contributed by atoms with van der Waals surface area (Å²) in [6.45, 7) is 0.221. The van der Waals surface area contributed by atoms with Gasteiger partial charge in [-0.25, -0.2) is 4.79 Å². The van der Waals surface area contributed by atoms with Crippen LogP contribution in [0.2, 0.25) is 0 Å². The molecule has 0 unspecified atom stereocenters. The van der Waals surface area contributed by atoms with Crippen LogP contribution in [0.4, 0.5) is 0 Å². The minimum atomic E-state index is -0.998. The number of carboxylic acids is 1. The number of rotatable bonds is 7. The molecule has 1 aromatic carbocycles. The second-order valence-electron chi connectivity index (χ2n) is 6.09. The van der Waals surface area contributed by atoms with Gasteiger partial charge < -0.3 is 15.2 Å². The molecule has 0 saturated heterocycles. The van der Waals surface area contributed by atoms with E-state index in [4.69, 9.17) is 9.84 Å². The van der Waals surface area contributed by atoms with Gasteiger partial charge >= 0.3 is 5.97 Å². The Kier molecular flexibility index (Phi) is 5.71. The zero-order valence-electron chi connectivity index (χ0n) is 13.9. The van der Waals surface area contributed by atoms with Crippen LogP contribution in [-0.2, 0) is 24.1 Å². The number of ether oxygens (including phenoxy) is 1. The maximum absolute atomic E-state index is 12.4. The summed E-state index contributed by atoms with van der Waals surface area (Å²) >= 11 is 1.70. The minimum absolute atomic E-state index is 0.0146. The number of benzene rings is 1. The highest BCUT2D eigenvalue weighted by molar-refractivity contribution is 7.10. The molecule has 1 aliphatic rings. The highest BCUT2D eigenvalue weighted by Gasteiger charge is 2.19. The number of carbonyl (C=O) groups excluding carboxylic acids is 1. The van der Waals surface area contributed by atoms with Crippen molar-refractivity contribution in [2.45, 2.75) is 32.1 Å². The van der Waals surface area contributed by atoms with Gasteiger partial charge in [0, 0.05) is 16.8 Å². The molecule has 0 bridgehead atoms. The van der Waals surface area contributed by atoms with Crippen molar-refractivity contribution in [2.24, 2.45) is 0 Å². The summed E-state index contributed by atoms with van der Waals surface area (Å²) in [7, 11) is 0. The van der Waals surface area contributed by atoms with Crippen LogP contribution in [0.5, 0.6) is 5.75 Å². The van der Waals surface area contributed by atoms with E-state index < -0.39 is 5.97 Å². The van der Waals surface area contributed by atoms with Crippen LogP contribution in [0, 0.1) is 0 Å². The lowest BCUT2D eigenvalue weighted by molar-refractivity contribution is -0.139. The largest absolute Gasteiger partial charge is 0.482 e. The fourth-order valence-electron chi connectivity index (χ4n) is 3.00. The van der Waals surface area contributed by atoms with Crippen LogP contribution >= 0.6 is 11.3 Å². The van der Waals surface area contributed by atoms with Gasteiger partial charge in [0.05, 0.1) is 5.56 Å². The van der Waals surface area contributed by atoms with E-state index in [1.165, 1.54) is 23.3 Å². The topological polar surface area (TPSA) is 75.6 Å². The first kappa shape index (κ1) is 17.5. The zero-order valence-corrected chi connectivity index (χ0v) is 14.7. The number of hydrogen-bond acceptors (Lipinski definition) is 4. The number of nitrogens with one attached hydrogen (secondary N) is 1. The molecule has 1 aromatic heterocycles. The van der Waals surface area contributed by atoms with Gasteiger partial charge in [-0.2, -0.15) is 0 Å². The first-order valence-electron chi connectivity index (χ1n) is 8.44. The summed E-state index contributed by atoms with van der Waals surface area (Å²) in [5, 5.41) is 13.6. The molecule has 0 aliphatic heterocycles. The van der Waals surface area contributed by atoms with Crippen molar-refractivity contribution in [1.29, 1.82) is 0 Å². The second-order valence-corrected chi connectivity index (χ2v) is 7.05. The third-order valence-corrected chi connectivity index (χ3v) is 5.38. The van der Waals surface area contributed by atoms with E-state index in [0.29, 0.717) is 12.3 Å². The van der Waals surface area contributed by atoms with Crippen molar-refractivity contribution in [3.8, 4) is 5.75 Å². The molecule has 1 amide bonds.